The monoisotopic (exact) mass is 228 g/mol. The number of aromatic nitrogens is 1. The Morgan fingerprint density at radius 3 is 2.47 bits per heavy atom. The number of hydrogen-bond acceptors (Lipinski definition) is 5. The zero-order chi connectivity index (χ0) is 11.6. The predicted molar refractivity (Wildman–Crippen MR) is 57.5 cm³/mol. The van der Waals surface area contributed by atoms with E-state index < -0.39 is 11.8 Å². The third-order valence-electron chi connectivity index (χ3n) is 1.82. The van der Waals surface area contributed by atoms with Crippen LogP contribution in [0.15, 0.2) is 0 Å². The molecule has 15 heavy (non-hydrogen) atoms. The van der Waals surface area contributed by atoms with Gasteiger partial charge in [-0.15, -0.1) is 11.3 Å². The molecular weight excluding hydrogens is 216 g/mol. The number of carbonyl (C=O) groups is 2. The Labute approximate surface area is 91.4 Å². The molecular formula is C9H12N2O3S. The summed E-state index contributed by atoms with van der Waals surface area (Å²) in [6.07, 6.45) is -0.0767. The van der Waals surface area contributed by atoms with Crippen LogP contribution in [0, 0.1) is 6.92 Å². The van der Waals surface area contributed by atoms with Crippen LogP contribution in [0.1, 0.15) is 10.6 Å². The summed E-state index contributed by atoms with van der Waals surface area (Å²) in [4.78, 5) is 28.2. The molecule has 0 spiro atoms. The highest BCUT2D eigenvalue weighted by atomic mass is 32.1. The fraction of sp³-hybridized carbons (Fsp3) is 0.444. The van der Waals surface area contributed by atoms with E-state index in [-0.39, 0.29) is 6.42 Å². The molecule has 0 saturated carbocycles. The van der Waals surface area contributed by atoms with Gasteiger partial charge in [0.1, 0.15) is 0 Å². The summed E-state index contributed by atoms with van der Waals surface area (Å²) < 4.78 is 0. The Hall–Kier alpha value is -1.43. The summed E-state index contributed by atoms with van der Waals surface area (Å²) in [5.41, 5.74) is 0.721. The Morgan fingerprint density at radius 1 is 1.47 bits per heavy atom. The molecule has 0 aliphatic rings. The molecule has 1 heterocycles. The van der Waals surface area contributed by atoms with E-state index in [1.165, 1.54) is 11.3 Å². The minimum Gasteiger partial charge on any atom is -0.475 e. The molecule has 0 aliphatic carbocycles. The lowest BCUT2D eigenvalue weighted by Crippen LogP contribution is -2.14. The van der Waals surface area contributed by atoms with E-state index in [0.717, 1.165) is 10.8 Å². The van der Waals surface area contributed by atoms with Gasteiger partial charge in [-0.1, -0.05) is 0 Å². The lowest BCUT2D eigenvalue weighted by Gasteiger charge is -2.05. The van der Waals surface area contributed by atoms with Gasteiger partial charge in [-0.05, 0) is 6.92 Å². The van der Waals surface area contributed by atoms with E-state index in [4.69, 9.17) is 5.11 Å². The van der Waals surface area contributed by atoms with Gasteiger partial charge in [-0.2, -0.15) is 0 Å². The molecule has 1 N–H and O–H groups in total. The normalized spacial score (nSPS) is 10.1. The van der Waals surface area contributed by atoms with Crippen LogP contribution in [0.2, 0.25) is 0 Å². The van der Waals surface area contributed by atoms with E-state index in [1.807, 2.05) is 19.0 Å². The van der Waals surface area contributed by atoms with Crippen LogP contribution in [0.5, 0.6) is 0 Å². The first-order valence-electron chi connectivity index (χ1n) is 4.31. The number of hydrogen-bond donors (Lipinski definition) is 1. The molecule has 0 aromatic carbocycles. The smallest absolute Gasteiger partial charge is 0.372 e. The summed E-state index contributed by atoms with van der Waals surface area (Å²) in [7, 11) is 3.70. The molecule has 0 fully saturated rings. The lowest BCUT2D eigenvalue weighted by molar-refractivity contribution is -0.148. The summed E-state index contributed by atoms with van der Waals surface area (Å²) in [6, 6.07) is 0. The van der Waals surface area contributed by atoms with Crippen molar-refractivity contribution in [1.82, 2.24) is 4.98 Å². The van der Waals surface area contributed by atoms with Gasteiger partial charge in [0.2, 0.25) is 5.78 Å². The van der Waals surface area contributed by atoms with Gasteiger partial charge in [-0.3, -0.25) is 4.79 Å². The number of Topliss-reactive ketones (excluding diaryl/α,β-unsaturated/α-hetero) is 1. The average Bonchev–Trinajstić information content (AvgIpc) is 2.47. The summed E-state index contributed by atoms with van der Waals surface area (Å²) in [5.74, 6) is -2.19. The minimum absolute atomic E-state index is 0.0767. The third kappa shape index (κ3) is 2.76. The number of carboxylic acid groups (broad SMARTS) is 1. The molecule has 1 rings (SSSR count). The predicted octanol–water partition coefficient (Wildman–Crippen LogP) is 0.714. The van der Waals surface area contributed by atoms with Crippen molar-refractivity contribution in [3.63, 3.8) is 0 Å². The van der Waals surface area contributed by atoms with Gasteiger partial charge in [0, 0.05) is 19.0 Å². The summed E-state index contributed by atoms with van der Waals surface area (Å²) in [5, 5.41) is 9.25. The van der Waals surface area contributed by atoms with Gasteiger partial charge in [0.05, 0.1) is 12.1 Å². The second-order valence-corrected chi connectivity index (χ2v) is 4.37. The maximum Gasteiger partial charge on any atom is 0.372 e. The first-order valence-corrected chi connectivity index (χ1v) is 5.13. The van der Waals surface area contributed by atoms with Gasteiger partial charge >= 0.3 is 5.97 Å². The highest BCUT2D eigenvalue weighted by Gasteiger charge is 2.17. The Kier molecular flexibility index (Phi) is 3.41. The number of carboxylic acids is 1. The summed E-state index contributed by atoms with van der Waals surface area (Å²) in [6.45, 7) is 1.77. The molecule has 0 unspecified atom stereocenters. The van der Waals surface area contributed by atoms with Gasteiger partial charge in [0.25, 0.3) is 0 Å². The molecule has 5 nitrogen and oxygen atoms in total. The van der Waals surface area contributed by atoms with Crippen LogP contribution in [0.25, 0.3) is 0 Å². The second-order valence-electron chi connectivity index (χ2n) is 3.30. The number of aryl methyl sites for hydroxylation is 1. The van der Waals surface area contributed by atoms with E-state index in [1.54, 1.807) is 6.92 Å². The maximum absolute atomic E-state index is 11.0. The van der Waals surface area contributed by atoms with Gasteiger partial charge < -0.3 is 10.0 Å². The number of rotatable bonds is 4. The van der Waals surface area contributed by atoms with Crippen molar-refractivity contribution < 1.29 is 14.7 Å². The number of ketones is 1. The van der Waals surface area contributed by atoms with Crippen molar-refractivity contribution in [3.8, 4) is 0 Å². The van der Waals surface area contributed by atoms with Gasteiger partial charge in [0.15, 0.2) is 5.13 Å². The average molecular weight is 228 g/mol. The van der Waals surface area contributed by atoms with Crippen LogP contribution in [0.4, 0.5) is 5.13 Å². The largest absolute Gasteiger partial charge is 0.475 e. The topological polar surface area (TPSA) is 70.5 Å². The van der Waals surface area contributed by atoms with Crippen molar-refractivity contribution in [2.45, 2.75) is 13.3 Å². The zero-order valence-corrected chi connectivity index (χ0v) is 9.59. The van der Waals surface area contributed by atoms with E-state index in [0.29, 0.717) is 4.88 Å². The molecule has 0 aliphatic heterocycles. The fourth-order valence-corrected chi connectivity index (χ4v) is 1.97. The highest BCUT2D eigenvalue weighted by molar-refractivity contribution is 7.15. The molecule has 82 valence electrons. The van der Waals surface area contributed by atoms with Crippen molar-refractivity contribution in [1.29, 1.82) is 0 Å². The molecule has 1 aromatic heterocycles. The Balaban J connectivity index is 2.86. The number of nitrogens with zero attached hydrogens (tertiary/aromatic N) is 2. The van der Waals surface area contributed by atoms with Crippen molar-refractivity contribution >= 4 is 28.2 Å². The lowest BCUT2D eigenvalue weighted by atomic mass is 10.2. The number of carbonyl (C=O) groups excluding carboxylic acids is 1. The Morgan fingerprint density at radius 2 is 2.07 bits per heavy atom. The zero-order valence-electron chi connectivity index (χ0n) is 8.77. The highest BCUT2D eigenvalue weighted by Crippen LogP contribution is 2.24. The number of aliphatic carboxylic acids is 1. The molecule has 0 radical (unpaired) electrons. The molecule has 0 saturated heterocycles. The molecule has 0 bridgehead atoms. The second kappa shape index (κ2) is 4.39. The van der Waals surface area contributed by atoms with Crippen molar-refractivity contribution in [3.05, 3.63) is 10.6 Å². The standard InChI is InChI=1S/C9H12N2O3S/c1-5-7(4-6(12)8(13)14)15-9(10-5)11(2)3/h4H2,1-3H3,(H,13,14). The minimum atomic E-state index is -1.39. The van der Waals surface area contributed by atoms with Crippen LogP contribution in [0.3, 0.4) is 0 Å². The van der Waals surface area contributed by atoms with E-state index in [9.17, 15) is 9.59 Å². The molecule has 1 aromatic rings. The quantitative estimate of drug-likeness (QED) is 0.769. The summed E-state index contributed by atoms with van der Waals surface area (Å²) >= 11 is 1.34. The SMILES string of the molecule is Cc1nc(N(C)C)sc1CC(=O)C(=O)O. The fourth-order valence-electron chi connectivity index (χ4n) is 0.989. The molecule has 0 atom stereocenters. The van der Waals surface area contributed by atoms with Crippen LogP contribution < -0.4 is 4.90 Å². The van der Waals surface area contributed by atoms with Crippen LogP contribution in [-0.4, -0.2) is 35.9 Å². The van der Waals surface area contributed by atoms with Crippen molar-refractivity contribution in [2.24, 2.45) is 0 Å². The third-order valence-corrected chi connectivity index (χ3v) is 3.15. The maximum atomic E-state index is 11.0. The van der Waals surface area contributed by atoms with Gasteiger partial charge in [-0.25, -0.2) is 9.78 Å². The first kappa shape index (κ1) is 11.6. The molecule has 6 heteroatoms. The van der Waals surface area contributed by atoms with Crippen molar-refractivity contribution in [2.75, 3.05) is 19.0 Å². The molecule has 0 amide bonds. The van der Waals surface area contributed by atoms with E-state index in [2.05, 4.69) is 4.98 Å². The number of thiazole rings is 1. The van der Waals surface area contributed by atoms with Crippen LogP contribution >= 0.6 is 11.3 Å². The Bertz CT molecular complexity index is 398. The number of anilines is 1. The van der Waals surface area contributed by atoms with Crippen LogP contribution in [-0.2, 0) is 16.0 Å². The van der Waals surface area contributed by atoms with E-state index >= 15 is 0 Å². The first-order chi connectivity index (χ1) is 6.91.